The molecular weight excluding hydrogens is 298 g/mol. The lowest BCUT2D eigenvalue weighted by Crippen LogP contribution is -2.16. The Morgan fingerprint density at radius 3 is 2.43 bits per heavy atom. The van der Waals surface area contributed by atoms with Gasteiger partial charge < -0.3 is 19.9 Å². The number of ketones is 1. The molecule has 0 atom stereocenters. The zero-order chi connectivity index (χ0) is 16.4. The Hall–Kier alpha value is -3.02. The molecule has 2 aromatic carbocycles. The monoisotopic (exact) mass is 313 g/mol. The number of anilines is 1. The van der Waals surface area contributed by atoms with Gasteiger partial charge in [-0.05, 0) is 30.7 Å². The van der Waals surface area contributed by atoms with Crippen LogP contribution in [-0.4, -0.2) is 23.6 Å². The number of Topliss-reactive ketones (excluding diaryl/α,β-unsaturated/α-hetero) is 1. The minimum absolute atomic E-state index is 0.0948. The predicted octanol–water partition coefficient (Wildman–Crippen LogP) is 2.50. The first-order valence-electron chi connectivity index (χ1n) is 7.05. The summed E-state index contributed by atoms with van der Waals surface area (Å²) in [6.45, 7) is 1.52. The summed E-state index contributed by atoms with van der Waals surface area (Å²) in [5.41, 5.74) is 1.52. The molecule has 0 radical (unpaired) electrons. The quantitative estimate of drug-likeness (QED) is 0.847. The maximum absolute atomic E-state index is 12.2. The third kappa shape index (κ3) is 3.26. The van der Waals surface area contributed by atoms with Gasteiger partial charge in [0, 0.05) is 11.6 Å². The Morgan fingerprint density at radius 1 is 1.13 bits per heavy atom. The van der Waals surface area contributed by atoms with Crippen LogP contribution >= 0.6 is 0 Å². The van der Waals surface area contributed by atoms with Gasteiger partial charge in [0.25, 0.3) is 0 Å². The Kier molecular flexibility index (Phi) is 3.89. The minimum Gasteiger partial charge on any atom is -0.508 e. The lowest BCUT2D eigenvalue weighted by atomic mass is 10.1. The van der Waals surface area contributed by atoms with Crippen molar-refractivity contribution in [3.05, 3.63) is 47.5 Å². The molecule has 6 heteroatoms. The molecule has 1 aliphatic rings. The van der Waals surface area contributed by atoms with Crippen LogP contribution in [0, 0.1) is 0 Å². The number of benzene rings is 2. The molecule has 0 fully saturated rings. The minimum atomic E-state index is -0.267. The van der Waals surface area contributed by atoms with Gasteiger partial charge in [-0.1, -0.05) is 12.1 Å². The fourth-order valence-electron chi connectivity index (χ4n) is 2.33. The highest BCUT2D eigenvalue weighted by molar-refractivity contribution is 6.04. The van der Waals surface area contributed by atoms with Crippen LogP contribution in [0.5, 0.6) is 17.2 Å². The van der Waals surface area contributed by atoms with E-state index >= 15 is 0 Å². The van der Waals surface area contributed by atoms with Crippen molar-refractivity contribution >= 4 is 17.4 Å². The second-order valence-electron chi connectivity index (χ2n) is 5.20. The lowest BCUT2D eigenvalue weighted by molar-refractivity contribution is -0.115. The van der Waals surface area contributed by atoms with E-state index in [0.29, 0.717) is 22.7 Å². The molecular formula is C17H15NO5. The Labute approximate surface area is 132 Å². The summed E-state index contributed by atoms with van der Waals surface area (Å²) in [6.07, 6.45) is 0.131. The topological polar surface area (TPSA) is 84.9 Å². The van der Waals surface area contributed by atoms with E-state index < -0.39 is 0 Å². The molecule has 1 heterocycles. The number of phenolic OH excluding ortho intramolecular Hbond substituents is 1. The zero-order valence-electron chi connectivity index (χ0n) is 12.5. The molecule has 2 aromatic rings. The van der Waals surface area contributed by atoms with Gasteiger partial charge in [0.1, 0.15) is 5.75 Å². The number of carbonyl (C=O) groups is 2. The van der Waals surface area contributed by atoms with Crippen molar-refractivity contribution in [3.8, 4) is 17.2 Å². The van der Waals surface area contributed by atoms with Gasteiger partial charge in [0.05, 0.1) is 12.1 Å². The smallest absolute Gasteiger partial charge is 0.231 e. The molecule has 0 aromatic heterocycles. The van der Waals surface area contributed by atoms with Crippen molar-refractivity contribution in [1.29, 1.82) is 0 Å². The number of hydrogen-bond acceptors (Lipinski definition) is 5. The predicted molar refractivity (Wildman–Crippen MR) is 83.0 cm³/mol. The number of nitrogens with one attached hydrogen (secondary N) is 1. The van der Waals surface area contributed by atoms with Crippen molar-refractivity contribution < 1.29 is 24.2 Å². The van der Waals surface area contributed by atoms with Gasteiger partial charge >= 0.3 is 0 Å². The van der Waals surface area contributed by atoms with E-state index in [1.165, 1.54) is 19.1 Å². The summed E-state index contributed by atoms with van der Waals surface area (Å²) in [5, 5.41) is 12.0. The summed E-state index contributed by atoms with van der Waals surface area (Å²) < 4.78 is 10.5. The molecule has 0 spiro atoms. The number of rotatable bonds is 4. The summed E-state index contributed by atoms with van der Waals surface area (Å²) in [4.78, 5) is 24.0. The highest BCUT2D eigenvalue weighted by atomic mass is 16.7. The van der Waals surface area contributed by atoms with Crippen LogP contribution in [0.2, 0.25) is 0 Å². The van der Waals surface area contributed by atoms with E-state index in [-0.39, 0.29) is 30.7 Å². The first-order valence-corrected chi connectivity index (χ1v) is 7.05. The number of ether oxygens (including phenoxy) is 2. The first-order chi connectivity index (χ1) is 11.0. The summed E-state index contributed by atoms with van der Waals surface area (Å²) in [7, 11) is 0. The molecule has 0 aliphatic carbocycles. The van der Waals surface area contributed by atoms with E-state index in [4.69, 9.17) is 9.47 Å². The maximum atomic E-state index is 12.2. The number of fused-ring (bicyclic) bond motifs is 1. The van der Waals surface area contributed by atoms with Gasteiger partial charge in [-0.2, -0.15) is 0 Å². The highest BCUT2D eigenvalue weighted by Crippen LogP contribution is 2.37. The molecule has 6 nitrogen and oxygen atoms in total. The van der Waals surface area contributed by atoms with Crippen molar-refractivity contribution in [3.63, 3.8) is 0 Å². The van der Waals surface area contributed by atoms with Gasteiger partial charge in [-0.3, -0.25) is 9.59 Å². The van der Waals surface area contributed by atoms with Gasteiger partial charge in [0.15, 0.2) is 17.3 Å². The molecule has 118 valence electrons. The zero-order valence-corrected chi connectivity index (χ0v) is 12.5. The third-order valence-electron chi connectivity index (χ3n) is 3.47. The van der Waals surface area contributed by atoms with Crippen molar-refractivity contribution in [2.45, 2.75) is 13.3 Å². The van der Waals surface area contributed by atoms with Crippen LogP contribution in [0.15, 0.2) is 36.4 Å². The van der Waals surface area contributed by atoms with Crippen molar-refractivity contribution in [1.82, 2.24) is 0 Å². The second-order valence-corrected chi connectivity index (χ2v) is 5.20. The lowest BCUT2D eigenvalue weighted by Gasteiger charge is -2.10. The van der Waals surface area contributed by atoms with Gasteiger partial charge in [-0.25, -0.2) is 0 Å². The van der Waals surface area contributed by atoms with E-state index in [1.54, 1.807) is 24.3 Å². The van der Waals surface area contributed by atoms with E-state index in [2.05, 4.69) is 5.32 Å². The Balaban J connectivity index is 1.80. The number of phenols is 1. The van der Waals surface area contributed by atoms with Crippen LogP contribution in [0.4, 0.5) is 5.69 Å². The van der Waals surface area contributed by atoms with Crippen molar-refractivity contribution in [2.24, 2.45) is 0 Å². The molecule has 0 bridgehead atoms. The van der Waals surface area contributed by atoms with Crippen LogP contribution in [0.3, 0.4) is 0 Å². The average Bonchev–Trinajstić information content (AvgIpc) is 2.96. The molecule has 2 N–H and O–H groups in total. The molecule has 0 saturated carbocycles. The van der Waals surface area contributed by atoms with Crippen LogP contribution < -0.4 is 14.8 Å². The maximum Gasteiger partial charge on any atom is 0.231 e. The number of carbonyl (C=O) groups excluding carboxylic acids is 2. The highest BCUT2D eigenvalue weighted by Gasteiger charge is 2.20. The van der Waals surface area contributed by atoms with Crippen LogP contribution in [-0.2, 0) is 11.2 Å². The molecule has 3 rings (SSSR count). The fourth-order valence-corrected chi connectivity index (χ4v) is 2.33. The average molecular weight is 313 g/mol. The number of hydrogen-bond donors (Lipinski definition) is 2. The van der Waals surface area contributed by atoms with Gasteiger partial charge in [0.2, 0.25) is 12.7 Å². The summed E-state index contributed by atoms with van der Waals surface area (Å²) in [5.74, 6) is 0.686. The van der Waals surface area contributed by atoms with E-state index in [0.717, 1.165) is 5.56 Å². The van der Waals surface area contributed by atoms with Crippen LogP contribution in [0.1, 0.15) is 22.8 Å². The molecule has 0 unspecified atom stereocenters. The summed E-state index contributed by atoms with van der Waals surface area (Å²) in [6, 6.07) is 9.53. The SMILES string of the molecule is CC(=O)c1cc2c(cc1NC(=O)Cc1ccc(O)cc1)OCO2. The number of aromatic hydroxyl groups is 1. The normalized spacial score (nSPS) is 12.0. The molecule has 1 aliphatic heterocycles. The van der Waals surface area contributed by atoms with Gasteiger partial charge in [-0.15, -0.1) is 0 Å². The van der Waals surface area contributed by atoms with Crippen molar-refractivity contribution in [2.75, 3.05) is 12.1 Å². The van der Waals surface area contributed by atoms with Crippen LogP contribution in [0.25, 0.3) is 0 Å². The number of amides is 1. The Bertz CT molecular complexity index is 767. The standard InChI is InChI=1S/C17H15NO5/c1-10(19)13-7-15-16(23-9-22-15)8-14(13)18-17(21)6-11-2-4-12(20)5-3-11/h2-5,7-8,20H,6,9H2,1H3,(H,18,21). The second kappa shape index (κ2) is 6.00. The summed E-state index contributed by atoms with van der Waals surface area (Å²) >= 11 is 0. The molecule has 23 heavy (non-hydrogen) atoms. The molecule has 0 saturated heterocycles. The largest absolute Gasteiger partial charge is 0.508 e. The molecule has 1 amide bonds. The first kappa shape index (κ1) is 14.9. The fraction of sp³-hybridized carbons (Fsp3) is 0.176. The van der Waals surface area contributed by atoms with E-state index in [9.17, 15) is 14.7 Å². The Morgan fingerprint density at radius 2 is 1.78 bits per heavy atom. The third-order valence-corrected chi connectivity index (χ3v) is 3.47. The van der Waals surface area contributed by atoms with E-state index in [1.807, 2.05) is 0 Å².